The summed E-state index contributed by atoms with van der Waals surface area (Å²) >= 11 is 0. The van der Waals surface area contributed by atoms with Crippen molar-refractivity contribution in [2.45, 2.75) is 105 Å². The number of aromatic amines is 3. The summed E-state index contributed by atoms with van der Waals surface area (Å²) < 4.78 is 14.9. The van der Waals surface area contributed by atoms with Crippen molar-refractivity contribution in [3.63, 3.8) is 0 Å². The minimum atomic E-state index is -0.567. The molecule has 9 N–H and O–H groups in total. The number of ether oxygens (including phenoxy) is 3. The molecule has 107 heavy (non-hydrogen) atoms. The van der Waals surface area contributed by atoms with Crippen molar-refractivity contribution in [2.75, 3.05) is 81.6 Å². The van der Waals surface area contributed by atoms with Gasteiger partial charge in [0, 0.05) is 185 Å². The number of hydrogen-bond donors (Lipinski definition) is 9. The molecule has 0 spiro atoms. The zero-order valence-electron chi connectivity index (χ0n) is 61.1. The number of hydrogen-bond acceptors (Lipinski definition) is 24. The van der Waals surface area contributed by atoms with Gasteiger partial charge in [-0.15, -0.1) is 0 Å². The SMILES string of the molecule is CCOC(=O)Nc1nc2c(-c3ncccn3)cc(-c3ccc(CN4CCNC(C)C4)nc3)cc2[nH]1.CCOC(=O)Nc1nc2c(-c3ncccn3)cc(-c3ccc(CN4C[C@@H](C)N[C@@H](C)C4)nc3)cc2[nH]1.CCOC(=O)Nc1nc2c(-c3ncccn3)cc(-c3ccc(CN4C[C@H](C)NC[C@H]4C)nc3)cc2[nH]1. The van der Waals surface area contributed by atoms with Crippen molar-refractivity contribution >= 4 is 69.2 Å². The Balaban J connectivity index is 0.000000142. The molecule has 0 saturated carbocycles. The molecule has 0 bridgehead atoms. The fraction of sp³-hybridized carbons (Fsp3) is 0.338. The number of nitrogens with one attached hydrogen (secondary N) is 9. The zero-order chi connectivity index (χ0) is 74.3. The normalized spacial score (nSPS) is 17.7. The lowest BCUT2D eigenvalue weighted by Crippen LogP contribution is -2.53. The van der Waals surface area contributed by atoms with Crippen LogP contribution in [0.1, 0.15) is 72.5 Å². The molecule has 3 aliphatic heterocycles. The molecular weight excluding hydrogens is 1360 g/mol. The Morgan fingerprint density at radius 2 is 0.794 bits per heavy atom. The summed E-state index contributed by atoms with van der Waals surface area (Å²) in [4.78, 5) is 107. The van der Waals surface area contributed by atoms with Crippen LogP contribution in [0.4, 0.5) is 32.2 Å². The van der Waals surface area contributed by atoms with Crippen LogP contribution in [0.15, 0.2) is 147 Å². The second-order valence-corrected chi connectivity index (χ2v) is 26.7. The Bertz CT molecular complexity index is 4960. The molecule has 30 heteroatoms. The first-order valence-corrected chi connectivity index (χ1v) is 36.1. The van der Waals surface area contributed by atoms with Crippen LogP contribution in [0.25, 0.3) is 101 Å². The number of amides is 3. The molecule has 552 valence electrons. The molecule has 12 aromatic rings. The standard InChI is InChI=1S/2C26H30N8O2.C25H28N8O2/c1-4-36-26(35)33-25-31-22-11-19(10-21(23(22)32-25)24-27-8-5-9-28-24)18-6-7-20(30-13-18)15-34-14-16(2)29-12-17(34)3;1-4-36-26(35)33-25-31-22-11-19(10-21(23(22)32-25)24-27-8-5-9-28-24)18-6-7-20(29-12-18)15-34-13-16(2)30-17(3)14-34;1-3-35-25(34)32-24-30-21-12-18(11-20(22(21)31-24)23-27-7-4-8-28-23)17-5-6-19(29-13-17)15-33-10-9-26-16(2)14-33/h5-11,13,16-17,29H,4,12,14-15H2,1-3H3,(H2,31,32,33,35);5-12,16-17,30H,4,13-15H2,1-3H3,(H2,31,32,33,35);4-8,11-13,16,26H,3,9-10,14-15H2,1-2H3,(H2,30,31,32,34)/t2*16-,17+;/m0../s1. The van der Waals surface area contributed by atoms with Gasteiger partial charge in [0.15, 0.2) is 17.5 Å². The minimum Gasteiger partial charge on any atom is -0.450 e. The predicted octanol–water partition coefficient (Wildman–Crippen LogP) is 11.1. The highest BCUT2D eigenvalue weighted by Gasteiger charge is 2.26. The first kappa shape index (κ1) is 73.6. The summed E-state index contributed by atoms with van der Waals surface area (Å²) in [5, 5.41) is 18.5. The number of rotatable bonds is 18. The summed E-state index contributed by atoms with van der Waals surface area (Å²) in [6.07, 6.45) is 14.2. The number of carbonyl (C=O) groups is 3. The molecule has 15 rings (SSSR count). The van der Waals surface area contributed by atoms with Gasteiger partial charge in [0.2, 0.25) is 17.8 Å². The Morgan fingerprint density at radius 3 is 1.16 bits per heavy atom. The van der Waals surface area contributed by atoms with Crippen molar-refractivity contribution in [1.29, 1.82) is 0 Å². The van der Waals surface area contributed by atoms with E-state index < -0.39 is 18.3 Å². The van der Waals surface area contributed by atoms with E-state index in [0.29, 0.717) is 82.1 Å². The van der Waals surface area contributed by atoms with Gasteiger partial charge in [0.1, 0.15) is 16.6 Å². The van der Waals surface area contributed by atoms with Crippen LogP contribution in [0.5, 0.6) is 0 Å². The molecule has 12 heterocycles. The maximum atomic E-state index is 11.9. The van der Waals surface area contributed by atoms with E-state index in [9.17, 15) is 14.4 Å². The average molecular weight is 1450 g/mol. The number of H-pyrrole nitrogens is 3. The Kier molecular flexibility index (Phi) is 23.7. The van der Waals surface area contributed by atoms with Gasteiger partial charge >= 0.3 is 18.3 Å². The molecule has 30 nitrogen and oxygen atoms in total. The van der Waals surface area contributed by atoms with Crippen LogP contribution in [-0.4, -0.2) is 204 Å². The molecule has 1 unspecified atom stereocenters. The highest BCUT2D eigenvalue weighted by atomic mass is 16.6. The molecule has 3 amide bonds. The minimum absolute atomic E-state index is 0.273. The fourth-order valence-electron chi connectivity index (χ4n) is 13.4. The lowest BCUT2D eigenvalue weighted by molar-refractivity contribution is 0.137. The van der Waals surface area contributed by atoms with Gasteiger partial charge in [-0.3, -0.25) is 45.6 Å². The number of imidazole rings is 3. The third kappa shape index (κ3) is 18.9. The average Bonchev–Trinajstić information content (AvgIpc) is 1.68. The van der Waals surface area contributed by atoms with E-state index in [1.54, 1.807) is 76.2 Å². The van der Waals surface area contributed by atoms with Gasteiger partial charge in [-0.05, 0) is 145 Å². The summed E-state index contributed by atoms with van der Waals surface area (Å²) in [5.41, 5.74) is 15.3. The Morgan fingerprint density at radius 1 is 0.430 bits per heavy atom. The van der Waals surface area contributed by atoms with E-state index in [0.717, 1.165) is 149 Å². The largest absolute Gasteiger partial charge is 0.450 e. The molecule has 5 atom stereocenters. The lowest BCUT2D eigenvalue weighted by atomic mass is 10.0. The maximum absolute atomic E-state index is 11.9. The zero-order valence-corrected chi connectivity index (χ0v) is 61.1. The molecular formula is C77H88N24O6. The molecule has 9 aromatic heterocycles. The number of carbonyl (C=O) groups excluding carboxylic acids is 3. The van der Waals surface area contributed by atoms with E-state index >= 15 is 0 Å². The van der Waals surface area contributed by atoms with Crippen molar-refractivity contribution in [3.8, 4) is 67.5 Å². The Hall–Kier alpha value is -11.7. The van der Waals surface area contributed by atoms with Crippen LogP contribution >= 0.6 is 0 Å². The fourth-order valence-corrected chi connectivity index (χ4v) is 13.4. The number of aromatic nitrogens is 15. The number of fused-ring (bicyclic) bond motifs is 3. The predicted molar refractivity (Wildman–Crippen MR) is 410 cm³/mol. The molecule has 0 aliphatic carbocycles. The quantitative estimate of drug-likeness (QED) is 0.0360. The smallest absolute Gasteiger partial charge is 0.413 e. The highest BCUT2D eigenvalue weighted by molar-refractivity contribution is 5.99. The summed E-state index contributed by atoms with van der Waals surface area (Å²) in [7, 11) is 0. The lowest BCUT2D eigenvalue weighted by Gasteiger charge is -2.37. The monoisotopic (exact) mass is 1440 g/mol. The van der Waals surface area contributed by atoms with Crippen LogP contribution in [0.3, 0.4) is 0 Å². The molecule has 3 aromatic carbocycles. The summed E-state index contributed by atoms with van der Waals surface area (Å²) in [6, 6.07) is 32.1. The Labute approximate surface area is 618 Å². The molecule has 3 saturated heterocycles. The number of pyridine rings is 3. The molecule has 3 aliphatic rings. The van der Waals surface area contributed by atoms with Gasteiger partial charge in [0.05, 0.1) is 53.5 Å². The third-order valence-electron chi connectivity index (χ3n) is 18.3. The van der Waals surface area contributed by atoms with Crippen molar-refractivity contribution in [1.82, 2.24) is 105 Å². The maximum Gasteiger partial charge on any atom is 0.413 e. The number of nitrogens with zero attached hydrogens (tertiary/aromatic N) is 15. The van der Waals surface area contributed by atoms with E-state index in [1.165, 1.54) is 0 Å². The number of piperazine rings is 3. The van der Waals surface area contributed by atoms with Crippen molar-refractivity contribution in [2.24, 2.45) is 0 Å². The van der Waals surface area contributed by atoms with Crippen molar-refractivity contribution < 1.29 is 28.6 Å². The van der Waals surface area contributed by atoms with Crippen LogP contribution in [0.2, 0.25) is 0 Å². The van der Waals surface area contributed by atoms with Gasteiger partial charge in [-0.25, -0.2) is 59.2 Å². The van der Waals surface area contributed by atoms with Crippen LogP contribution < -0.4 is 31.9 Å². The summed E-state index contributed by atoms with van der Waals surface area (Å²) in [5.74, 6) is 2.53. The number of benzene rings is 3. The second kappa shape index (κ2) is 34.5. The highest BCUT2D eigenvalue weighted by Crippen LogP contribution is 2.36. The first-order valence-electron chi connectivity index (χ1n) is 36.1. The van der Waals surface area contributed by atoms with Crippen molar-refractivity contribution in [3.05, 3.63) is 164 Å². The van der Waals surface area contributed by atoms with Crippen LogP contribution in [-0.2, 0) is 33.8 Å². The second-order valence-electron chi connectivity index (χ2n) is 26.7. The topological polar surface area (TPSA) is 363 Å². The van der Waals surface area contributed by atoms with E-state index in [-0.39, 0.29) is 19.8 Å². The molecule has 0 radical (unpaired) electrons. The van der Waals surface area contributed by atoms with Gasteiger partial charge in [-0.2, -0.15) is 0 Å². The number of anilines is 3. The van der Waals surface area contributed by atoms with Gasteiger partial charge in [-0.1, -0.05) is 18.2 Å². The van der Waals surface area contributed by atoms with Gasteiger partial charge < -0.3 is 45.1 Å². The van der Waals surface area contributed by atoms with Gasteiger partial charge in [0.25, 0.3) is 0 Å². The van der Waals surface area contributed by atoms with Crippen LogP contribution in [0, 0.1) is 0 Å². The summed E-state index contributed by atoms with van der Waals surface area (Å²) in [6.45, 7) is 26.7. The van der Waals surface area contributed by atoms with E-state index in [1.807, 2.05) is 55.0 Å². The first-order chi connectivity index (χ1) is 52.1. The van der Waals surface area contributed by atoms with E-state index in [2.05, 4.69) is 177 Å². The molecule has 3 fully saturated rings. The third-order valence-corrected chi connectivity index (χ3v) is 18.3. The van der Waals surface area contributed by atoms with E-state index in [4.69, 9.17) is 29.2 Å².